The van der Waals surface area contributed by atoms with Crippen molar-refractivity contribution in [1.82, 2.24) is 4.90 Å². The number of amides is 1. The van der Waals surface area contributed by atoms with Crippen LogP contribution in [0.5, 0.6) is 5.75 Å². The topological polar surface area (TPSA) is 81.6 Å². The first kappa shape index (κ1) is 15.8. The Morgan fingerprint density at radius 2 is 2.29 bits per heavy atom. The van der Waals surface area contributed by atoms with E-state index in [0.717, 1.165) is 36.3 Å². The molecule has 0 spiro atoms. The third-order valence-electron chi connectivity index (χ3n) is 4.15. The average molecular weight is 291 g/mol. The number of likely N-dealkylation sites (tertiary alicyclic amines) is 1. The lowest BCUT2D eigenvalue weighted by Gasteiger charge is -2.33. The van der Waals surface area contributed by atoms with Crippen molar-refractivity contribution in [2.45, 2.75) is 25.8 Å². The van der Waals surface area contributed by atoms with E-state index >= 15 is 0 Å². The lowest BCUT2D eigenvalue weighted by molar-refractivity contribution is -0.123. The molecular weight excluding hydrogens is 266 g/mol. The Balaban J connectivity index is 2.05. The molecule has 1 saturated heterocycles. The highest BCUT2D eigenvalue weighted by Crippen LogP contribution is 2.26. The monoisotopic (exact) mass is 291 g/mol. The van der Waals surface area contributed by atoms with Gasteiger partial charge in [-0.1, -0.05) is 17.7 Å². The van der Waals surface area contributed by atoms with Crippen molar-refractivity contribution in [2.24, 2.45) is 17.4 Å². The standard InChI is InChI=1S/C16H25N3O2/c1-11-5-6-15(21-2)13(8-11)14(17)10-19-7-3-4-12(9-19)16(18)20/h5-6,8,12,14H,3-4,7,9-10,17H2,1-2H3,(H2,18,20). The molecule has 0 saturated carbocycles. The van der Waals surface area contributed by atoms with Gasteiger partial charge in [0, 0.05) is 24.7 Å². The minimum Gasteiger partial charge on any atom is -0.496 e. The summed E-state index contributed by atoms with van der Waals surface area (Å²) >= 11 is 0. The van der Waals surface area contributed by atoms with Gasteiger partial charge in [-0.25, -0.2) is 0 Å². The number of carbonyl (C=O) groups is 1. The van der Waals surface area contributed by atoms with Crippen LogP contribution in [0.25, 0.3) is 0 Å². The zero-order chi connectivity index (χ0) is 15.4. The minimum atomic E-state index is -0.207. The SMILES string of the molecule is COc1ccc(C)cc1C(N)CN1CCCC(C(N)=O)C1. The van der Waals surface area contributed by atoms with Crippen molar-refractivity contribution in [3.63, 3.8) is 0 Å². The molecule has 4 N–H and O–H groups in total. The third-order valence-corrected chi connectivity index (χ3v) is 4.15. The number of methoxy groups -OCH3 is 1. The molecule has 0 aliphatic carbocycles. The van der Waals surface area contributed by atoms with Crippen LogP contribution in [0.4, 0.5) is 0 Å². The fraction of sp³-hybridized carbons (Fsp3) is 0.562. The Bertz CT molecular complexity index is 504. The molecule has 2 unspecified atom stereocenters. The fourth-order valence-corrected chi connectivity index (χ4v) is 2.97. The van der Waals surface area contributed by atoms with Gasteiger partial charge >= 0.3 is 0 Å². The van der Waals surface area contributed by atoms with E-state index in [1.807, 2.05) is 19.1 Å². The molecule has 1 aromatic carbocycles. The van der Waals surface area contributed by atoms with Crippen LogP contribution in [0.3, 0.4) is 0 Å². The van der Waals surface area contributed by atoms with Crippen molar-refractivity contribution in [1.29, 1.82) is 0 Å². The number of piperidine rings is 1. The van der Waals surface area contributed by atoms with Crippen LogP contribution < -0.4 is 16.2 Å². The van der Waals surface area contributed by atoms with E-state index in [-0.39, 0.29) is 17.9 Å². The number of ether oxygens (including phenoxy) is 1. The van der Waals surface area contributed by atoms with Crippen LogP contribution in [0.15, 0.2) is 18.2 Å². The van der Waals surface area contributed by atoms with E-state index in [9.17, 15) is 4.79 Å². The van der Waals surface area contributed by atoms with E-state index in [2.05, 4.69) is 11.0 Å². The molecule has 1 heterocycles. The number of primary amides is 1. The molecule has 0 aromatic heterocycles. The normalized spacial score (nSPS) is 21.0. The second-order valence-electron chi connectivity index (χ2n) is 5.85. The molecule has 5 nitrogen and oxygen atoms in total. The first-order valence-electron chi connectivity index (χ1n) is 7.43. The summed E-state index contributed by atoms with van der Waals surface area (Å²) in [5, 5.41) is 0. The summed E-state index contributed by atoms with van der Waals surface area (Å²) < 4.78 is 5.40. The molecule has 1 fully saturated rings. The molecule has 21 heavy (non-hydrogen) atoms. The molecule has 0 radical (unpaired) electrons. The first-order chi connectivity index (χ1) is 10.0. The van der Waals surface area contributed by atoms with Gasteiger partial charge in [0.2, 0.25) is 5.91 Å². The zero-order valence-corrected chi connectivity index (χ0v) is 12.8. The second kappa shape index (κ2) is 6.91. The van der Waals surface area contributed by atoms with Crippen LogP contribution in [0.1, 0.15) is 30.0 Å². The van der Waals surface area contributed by atoms with Crippen molar-refractivity contribution >= 4 is 5.91 Å². The van der Waals surface area contributed by atoms with Gasteiger partial charge in [-0.05, 0) is 32.4 Å². The number of hydrogen-bond donors (Lipinski definition) is 2. The Morgan fingerprint density at radius 3 is 2.95 bits per heavy atom. The maximum atomic E-state index is 11.3. The maximum absolute atomic E-state index is 11.3. The van der Waals surface area contributed by atoms with Gasteiger partial charge in [0.25, 0.3) is 0 Å². The predicted octanol–water partition coefficient (Wildman–Crippen LogP) is 1.20. The summed E-state index contributed by atoms with van der Waals surface area (Å²) in [5.74, 6) is 0.559. The van der Waals surface area contributed by atoms with E-state index in [4.69, 9.17) is 16.2 Å². The van der Waals surface area contributed by atoms with E-state index < -0.39 is 0 Å². The number of aryl methyl sites for hydroxylation is 1. The number of nitrogens with zero attached hydrogens (tertiary/aromatic N) is 1. The summed E-state index contributed by atoms with van der Waals surface area (Å²) in [6.07, 6.45) is 1.88. The van der Waals surface area contributed by atoms with Gasteiger partial charge in [-0.2, -0.15) is 0 Å². The fourth-order valence-electron chi connectivity index (χ4n) is 2.97. The summed E-state index contributed by atoms with van der Waals surface area (Å²) in [6, 6.07) is 5.90. The van der Waals surface area contributed by atoms with Gasteiger partial charge < -0.3 is 21.1 Å². The molecule has 2 rings (SSSR count). The molecule has 1 amide bonds. The molecule has 116 valence electrons. The van der Waals surface area contributed by atoms with Crippen molar-refractivity contribution in [2.75, 3.05) is 26.7 Å². The highest BCUT2D eigenvalue weighted by Gasteiger charge is 2.25. The molecular formula is C16H25N3O2. The van der Waals surface area contributed by atoms with E-state index in [0.29, 0.717) is 13.1 Å². The lowest BCUT2D eigenvalue weighted by atomic mass is 9.96. The van der Waals surface area contributed by atoms with Crippen LogP contribution in [-0.4, -0.2) is 37.6 Å². The number of benzene rings is 1. The first-order valence-corrected chi connectivity index (χ1v) is 7.43. The molecule has 1 aliphatic rings. The highest BCUT2D eigenvalue weighted by molar-refractivity contribution is 5.76. The molecule has 1 aromatic rings. The van der Waals surface area contributed by atoms with Gasteiger partial charge in [0.15, 0.2) is 0 Å². The van der Waals surface area contributed by atoms with Crippen LogP contribution in [0.2, 0.25) is 0 Å². The Morgan fingerprint density at radius 1 is 1.52 bits per heavy atom. The van der Waals surface area contributed by atoms with E-state index in [1.54, 1.807) is 7.11 Å². The predicted molar refractivity (Wildman–Crippen MR) is 83.0 cm³/mol. The number of carbonyl (C=O) groups excluding carboxylic acids is 1. The molecule has 0 bridgehead atoms. The number of rotatable bonds is 5. The third kappa shape index (κ3) is 3.95. The van der Waals surface area contributed by atoms with Gasteiger partial charge in [-0.15, -0.1) is 0 Å². The van der Waals surface area contributed by atoms with Gasteiger partial charge in [-0.3, -0.25) is 4.79 Å². The van der Waals surface area contributed by atoms with Crippen molar-refractivity contribution in [3.8, 4) is 5.75 Å². The maximum Gasteiger partial charge on any atom is 0.221 e. The van der Waals surface area contributed by atoms with Crippen LogP contribution in [-0.2, 0) is 4.79 Å². The second-order valence-corrected chi connectivity index (χ2v) is 5.85. The minimum absolute atomic E-state index is 0.0506. The molecule has 1 aliphatic heterocycles. The average Bonchev–Trinajstić information content (AvgIpc) is 2.47. The zero-order valence-electron chi connectivity index (χ0n) is 12.8. The number of nitrogens with two attached hydrogens (primary N) is 2. The van der Waals surface area contributed by atoms with Crippen LogP contribution >= 0.6 is 0 Å². The van der Waals surface area contributed by atoms with Gasteiger partial charge in [0.1, 0.15) is 5.75 Å². The van der Waals surface area contributed by atoms with Crippen molar-refractivity contribution < 1.29 is 9.53 Å². The summed E-state index contributed by atoms with van der Waals surface area (Å²) in [4.78, 5) is 13.6. The number of hydrogen-bond acceptors (Lipinski definition) is 4. The molecule has 5 heteroatoms. The Kier molecular flexibility index (Phi) is 5.20. The van der Waals surface area contributed by atoms with Crippen molar-refractivity contribution in [3.05, 3.63) is 29.3 Å². The summed E-state index contributed by atoms with van der Waals surface area (Å²) in [5.41, 5.74) is 13.9. The lowest BCUT2D eigenvalue weighted by Crippen LogP contribution is -2.43. The van der Waals surface area contributed by atoms with E-state index in [1.165, 1.54) is 0 Å². The smallest absolute Gasteiger partial charge is 0.221 e. The van der Waals surface area contributed by atoms with Gasteiger partial charge in [0.05, 0.1) is 13.0 Å². The largest absolute Gasteiger partial charge is 0.496 e. The quantitative estimate of drug-likeness (QED) is 0.854. The summed E-state index contributed by atoms with van der Waals surface area (Å²) in [6.45, 7) is 4.42. The highest BCUT2D eigenvalue weighted by atomic mass is 16.5. The summed E-state index contributed by atoms with van der Waals surface area (Å²) in [7, 11) is 1.66. The van der Waals surface area contributed by atoms with Crippen LogP contribution in [0, 0.1) is 12.8 Å². The molecule has 2 atom stereocenters. The Hall–Kier alpha value is -1.59. The Labute approximate surface area is 126 Å².